The Morgan fingerprint density at radius 2 is 2.00 bits per heavy atom. The molecule has 0 aromatic carbocycles. The van der Waals surface area contributed by atoms with Gasteiger partial charge in [-0.3, -0.25) is 9.05 Å². The maximum atomic E-state index is 12.0. The standard InChI is InChI=1S/C10H18NO3P/c1-3-13-15(12,14-4-2)11-10-8-6-5-7-9-10/h5-6H,3-4,7-9H2,1-2H3/b11-10+. The van der Waals surface area contributed by atoms with Crippen molar-refractivity contribution in [2.24, 2.45) is 4.76 Å². The molecule has 0 fully saturated rings. The number of nitrogens with zero attached hydrogens (tertiary/aromatic N) is 1. The van der Waals surface area contributed by atoms with Crippen molar-refractivity contribution >= 4 is 13.5 Å². The SMILES string of the molecule is CCOP(=O)(/N=C1\CC=CCC1)OCC. The van der Waals surface area contributed by atoms with Crippen molar-refractivity contribution in [1.29, 1.82) is 0 Å². The summed E-state index contributed by atoms with van der Waals surface area (Å²) in [5, 5.41) is 0. The fourth-order valence-corrected chi connectivity index (χ4v) is 2.75. The first-order chi connectivity index (χ1) is 7.20. The Morgan fingerprint density at radius 3 is 2.47 bits per heavy atom. The smallest absolute Gasteiger partial charge is 0.291 e. The molecule has 15 heavy (non-hydrogen) atoms. The van der Waals surface area contributed by atoms with Crippen LogP contribution in [0, 0.1) is 0 Å². The van der Waals surface area contributed by atoms with Crippen LogP contribution in [0.3, 0.4) is 0 Å². The van der Waals surface area contributed by atoms with Gasteiger partial charge in [-0.25, -0.2) is 4.57 Å². The predicted molar refractivity (Wildman–Crippen MR) is 61.3 cm³/mol. The van der Waals surface area contributed by atoms with E-state index in [1.807, 2.05) is 6.08 Å². The van der Waals surface area contributed by atoms with E-state index in [-0.39, 0.29) is 0 Å². The van der Waals surface area contributed by atoms with Crippen LogP contribution in [0.1, 0.15) is 33.1 Å². The van der Waals surface area contributed by atoms with Crippen LogP contribution in [0.2, 0.25) is 0 Å². The molecule has 5 heteroatoms. The van der Waals surface area contributed by atoms with Crippen LogP contribution < -0.4 is 0 Å². The van der Waals surface area contributed by atoms with Gasteiger partial charge in [0.2, 0.25) is 0 Å². The fraction of sp³-hybridized carbons (Fsp3) is 0.700. The highest BCUT2D eigenvalue weighted by molar-refractivity contribution is 7.52. The second kappa shape index (κ2) is 6.21. The van der Waals surface area contributed by atoms with Crippen LogP contribution in [0.5, 0.6) is 0 Å². The highest BCUT2D eigenvalue weighted by atomic mass is 31.2. The van der Waals surface area contributed by atoms with E-state index < -0.39 is 7.75 Å². The third kappa shape index (κ3) is 4.29. The van der Waals surface area contributed by atoms with Crippen molar-refractivity contribution in [3.05, 3.63) is 12.2 Å². The van der Waals surface area contributed by atoms with Gasteiger partial charge in [0.1, 0.15) is 0 Å². The molecule has 4 nitrogen and oxygen atoms in total. The number of rotatable bonds is 5. The molecule has 1 aliphatic carbocycles. The van der Waals surface area contributed by atoms with E-state index in [9.17, 15) is 4.57 Å². The van der Waals surface area contributed by atoms with Gasteiger partial charge in [0.25, 0.3) is 0 Å². The van der Waals surface area contributed by atoms with Crippen molar-refractivity contribution in [2.45, 2.75) is 33.1 Å². The van der Waals surface area contributed by atoms with Crippen LogP contribution in [-0.2, 0) is 13.6 Å². The second-order valence-electron chi connectivity index (χ2n) is 3.18. The van der Waals surface area contributed by atoms with Gasteiger partial charge in [-0.2, -0.15) is 4.76 Å². The second-order valence-corrected chi connectivity index (χ2v) is 4.84. The Morgan fingerprint density at radius 1 is 1.33 bits per heavy atom. The average molecular weight is 231 g/mol. The lowest BCUT2D eigenvalue weighted by Gasteiger charge is -2.14. The number of allylic oxidation sites excluding steroid dienone is 2. The largest absolute Gasteiger partial charge is 0.453 e. The Kier molecular flexibility index (Phi) is 5.23. The molecule has 0 aromatic heterocycles. The van der Waals surface area contributed by atoms with Gasteiger partial charge >= 0.3 is 7.75 Å². The lowest BCUT2D eigenvalue weighted by atomic mass is 10.1. The van der Waals surface area contributed by atoms with Gasteiger partial charge in [0.15, 0.2) is 0 Å². The van der Waals surface area contributed by atoms with Crippen LogP contribution in [-0.4, -0.2) is 18.9 Å². The lowest BCUT2D eigenvalue weighted by Crippen LogP contribution is -2.02. The van der Waals surface area contributed by atoms with E-state index >= 15 is 0 Å². The molecule has 1 aliphatic rings. The molecule has 0 N–H and O–H groups in total. The minimum atomic E-state index is -3.23. The molecule has 0 saturated heterocycles. The highest BCUT2D eigenvalue weighted by Gasteiger charge is 2.23. The van der Waals surface area contributed by atoms with Gasteiger partial charge in [-0.1, -0.05) is 12.2 Å². The monoisotopic (exact) mass is 231 g/mol. The third-order valence-corrected chi connectivity index (χ3v) is 3.66. The average Bonchev–Trinajstić information content (AvgIpc) is 2.19. The van der Waals surface area contributed by atoms with Gasteiger partial charge in [-0.15, -0.1) is 0 Å². The molecular formula is C10H18NO3P. The molecule has 86 valence electrons. The van der Waals surface area contributed by atoms with Crippen molar-refractivity contribution in [3.8, 4) is 0 Å². The molecule has 0 aliphatic heterocycles. The predicted octanol–water partition coefficient (Wildman–Crippen LogP) is 3.35. The Bertz CT molecular complexity index is 289. The van der Waals surface area contributed by atoms with E-state index in [4.69, 9.17) is 9.05 Å². The molecule has 0 spiro atoms. The van der Waals surface area contributed by atoms with Gasteiger partial charge < -0.3 is 0 Å². The zero-order chi connectivity index (χ0) is 11.1. The van der Waals surface area contributed by atoms with Crippen LogP contribution in [0.15, 0.2) is 16.9 Å². The van der Waals surface area contributed by atoms with E-state index in [0.29, 0.717) is 13.2 Å². The summed E-state index contributed by atoms with van der Waals surface area (Å²) in [5.74, 6) is 0. The van der Waals surface area contributed by atoms with Crippen molar-refractivity contribution in [3.63, 3.8) is 0 Å². The van der Waals surface area contributed by atoms with Gasteiger partial charge in [-0.05, 0) is 26.7 Å². The molecular weight excluding hydrogens is 213 g/mol. The van der Waals surface area contributed by atoms with Crippen molar-refractivity contribution < 1.29 is 13.6 Å². The quantitative estimate of drug-likeness (QED) is 0.538. The maximum absolute atomic E-state index is 12.0. The van der Waals surface area contributed by atoms with E-state index in [1.54, 1.807) is 13.8 Å². The summed E-state index contributed by atoms with van der Waals surface area (Å²) in [4.78, 5) is 0. The van der Waals surface area contributed by atoms with Crippen LogP contribution in [0.4, 0.5) is 0 Å². The van der Waals surface area contributed by atoms with Gasteiger partial charge in [0.05, 0.1) is 13.2 Å². The summed E-state index contributed by atoms with van der Waals surface area (Å²) in [5.41, 5.74) is 0.905. The topological polar surface area (TPSA) is 47.9 Å². The summed E-state index contributed by atoms with van der Waals surface area (Å²) in [6.45, 7) is 4.27. The van der Waals surface area contributed by atoms with Crippen LogP contribution >= 0.6 is 7.75 Å². The highest BCUT2D eigenvalue weighted by Crippen LogP contribution is 2.50. The molecule has 0 bridgehead atoms. The Hall–Kier alpha value is -0.440. The first-order valence-corrected chi connectivity index (χ1v) is 6.82. The van der Waals surface area contributed by atoms with E-state index in [2.05, 4.69) is 10.8 Å². The molecule has 0 saturated carbocycles. The Balaban J connectivity index is 2.71. The molecule has 0 amide bonds. The molecule has 0 heterocycles. The van der Waals surface area contributed by atoms with Crippen molar-refractivity contribution in [1.82, 2.24) is 0 Å². The zero-order valence-electron chi connectivity index (χ0n) is 9.31. The molecule has 1 rings (SSSR count). The lowest BCUT2D eigenvalue weighted by molar-refractivity contribution is 0.221. The maximum Gasteiger partial charge on any atom is 0.453 e. The summed E-state index contributed by atoms with van der Waals surface area (Å²) in [6.07, 6.45) is 6.69. The molecule has 0 aromatic rings. The zero-order valence-corrected chi connectivity index (χ0v) is 10.2. The minimum absolute atomic E-state index is 0.351. The Labute approximate surface area is 91.0 Å². The number of hydrogen-bond acceptors (Lipinski definition) is 3. The van der Waals surface area contributed by atoms with E-state index in [0.717, 1.165) is 25.0 Å². The molecule has 0 radical (unpaired) electrons. The minimum Gasteiger partial charge on any atom is -0.291 e. The number of hydrogen-bond donors (Lipinski definition) is 0. The first kappa shape index (κ1) is 12.6. The summed E-state index contributed by atoms with van der Waals surface area (Å²) in [7, 11) is -3.23. The summed E-state index contributed by atoms with van der Waals surface area (Å²) < 4.78 is 26.3. The molecule has 0 unspecified atom stereocenters. The summed E-state index contributed by atoms with van der Waals surface area (Å²) >= 11 is 0. The first-order valence-electron chi connectivity index (χ1n) is 5.32. The van der Waals surface area contributed by atoms with Crippen LogP contribution in [0.25, 0.3) is 0 Å². The van der Waals surface area contributed by atoms with E-state index in [1.165, 1.54) is 0 Å². The fourth-order valence-electron chi connectivity index (χ4n) is 1.37. The third-order valence-electron chi connectivity index (χ3n) is 1.97. The molecule has 0 atom stereocenters. The van der Waals surface area contributed by atoms with Crippen molar-refractivity contribution in [2.75, 3.05) is 13.2 Å². The summed E-state index contributed by atoms with van der Waals surface area (Å²) in [6, 6.07) is 0. The normalized spacial score (nSPS) is 19.7. The van der Waals surface area contributed by atoms with Gasteiger partial charge in [0, 0.05) is 12.1 Å².